The van der Waals surface area contributed by atoms with Crippen LogP contribution in [0.3, 0.4) is 0 Å². The Labute approximate surface area is 192 Å². The Morgan fingerprint density at radius 2 is 1.61 bits per heavy atom. The zero-order valence-electron chi connectivity index (χ0n) is 17.0. The molecule has 0 fully saturated rings. The molecule has 0 aliphatic rings. The number of nitrogens with one attached hydrogen (secondary N) is 1. The summed E-state index contributed by atoms with van der Waals surface area (Å²) in [5, 5.41) is 3.10. The number of amides is 1. The molecule has 162 valence electrons. The van der Waals surface area contributed by atoms with Gasteiger partial charge in [-0.3, -0.25) is 9.10 Å². The molecule has 0 bridgehead atoms. The van der Waals surface area contributed by atoms with E-state index in [0.717, 1.165) is 15.4 Å². The smallest absolute Gasteiger partial charge is 0.264 e. The summed E-state index contributed by atoms with van der Waals surface area (Å²) >= 11 is 12.4. The fourth-order valence-corrected chi connectivity index (χ4v) is 4.95. The molecule has 3 aromatic carbocycles. The van der Waals surface area contributed by atoms with Crippen LogP contribution in [0.1, 0.15) is 24.1 Å². The van der Waals surface area contributed by atoms with E-state index in [0.29, 0.717) is 0 Å². The van der Waals surface area contributed by atoms with Crippen molar-refractivity contribution in [2.45, 2.75) is 24.8 Å². The Morgan fingerprint density at radius 3 is 2.26 bits per heavy atom. The van der Waals surface area contributed by atoms with Gasteiger partial charge in [-0.2, -0.15) is 0 Å². The monoisotopic (exact) mass is 476 g/mol. The molecule has 1 N–H and O–H groups in total. The van der Waals surface area contributed by atoms with E-state index in [-0.39, 0.29) is 26.7 Å². The number of nitrogens with zero attached hydrogens (tertiary/aromatic N) is 1. The van der Waals surface area contributed by atoms with Crippen molar-refractivity contribution >= 4 is 44.8 Å². The number of carbonyl (C=O) groups excluding carboxylic acids is 1. The highest BCUT2D eigenvalue weighted by Gasteiger charge is 2.29. The van der Waals surface area contributed by atoms with Crippen LogP contribution in [0.25, 0.3) is 0 Å². The predicted molar refractivity (Wildman–Crippen MR) is 125 cm³/mol. The Hall–Kier alpha value is -2.54. The fraction of sp³-hybridized carbons (Fsp3) is 0.174. The molecule has 0 aliphatic carbocycles. The van der Waals surface area contributed by atoms with Gasteiger partial charge in [-0.05, 0) is 43.7 Å². The standard InChI is InChI=1S/C23H22Cl2N2O3S/c1-16-11-13-19(14-12-16)31(29,30)27(21-10-6-9-20(24)23(21)25)15-22(28)26-17(2)18-7-4-3-5-8-18/h3-14,17H,15H2,1-2H3,(H,26,28)/t17-/m1/s1. The summed E-state index contributed by atoms with van der Waals surface area (Å²) in [7, 11) is -4.08. The minimum atomic E-state index is -4.08. The lowest BCUT2D eigenvalue weighted by Gasteiger charge is -2.26. The van der Waals surface area contributed by atoms with Gasteiger partial charge in [-0.15, -0.1) is 0 Å². The number of hydrogen-bond acceptors (Lipinski definition) is 3. The average Bonchev–Trinajstić information content (AvgIpc) is 2.75. The van der Waals surface area contributed by atoms with E-state index in [9.17, 15) is 13.2 Å². The summed E-state index contributed by atoms with van der Waals surface area (Å²) in [6, 6.07) is 20.2. The molecule has 1 atom stereocenters. The van der Waals surface area contributed by atoms with Crippen molar-refractivity contribution < 1.29 is 13.2 Å². The molecule has 0 aliphatic heterocycles. The second kappa shape index (κ2) is 9.73. The molecule has 0 radical (unpaired) electrons. The van der Waals surface area contributed by atoms with Gasteiger partial charge in [0.15, 0.2) is 0 Å². The molecule has 3 rings (SSSR count). The van der Waals surface area contributed by atoms with E-state index in [1.54, 1.807) is 24.3 Å². The third kappa shape index (κ3) is 5.39. The van der Waals surface area contributed by atoms with Crippen molar-refractivity contribution in [3.63, 3.8) is 0 Å². The van der Waals surface area contributed by atoms with Gasteiger partial charge >= 0.3 is 0 Å². The first-order valence-electron chi connectivity index (χ1n) is 9.58. The van der Waals surface area contributed by atoms with Gasteiger partial charge in [-0.25, -0.2) is 8.42 Å². The summed E-state index contributed by atoms with van der Waals surface area (Å²) in [6.07, 6.45) is 0. The molecule has 8 heteroatoms. The van der Waals surface area contributed by atoms with Crippen LogP contribution in [0.5, 0.6) is 0 Å². The highest BCUT2D eigenvalue weighted by atomic mass is 35.5. The summed E-state index contributed by atoms with van der Waals surface area (Å²) in [6.45, 7) is 3.24. The molecular formula is C23H22Cl2N2O3S. The molecule has 0 saturated heterocycles. The summed E-state index contributed by atoms with van der Waals surface area (Å²) in [5.74, 6) is -0.469. The topological polar surface area (TPSA) is 66.5 Å². The highest BCUT2D eigenvalue weighted by molar-refractivity contribution is 7.92. The number of sulfonamides is 1. The number of aryl methyl sites for hydroxylation is 1. The van der Waals surface area contributed by atoms with Gasteiger partial charge in [0.1, 0.15) is 6.54 Å². The molecule has 31 heavy (non-hydrogen) atoms. The number of anilines is 1. The van der Waals surface area contributed by atoms with Gasteiger partial charge < -0.3 is 5.32 Å². The SMILES string of the molecule is Cc1ccc(S(=O)(=O)N(CC(=O)N[C@H](C)c2ccccc2)c2cccc(Cl)c2Cl)cc1. The van der Waals surface area contributed by atoms with E-state index in [1.165, 1.54) is 18.2 Å². The van der Waals surface area contributed by atoms with Crippen LogP contribution in [-0.4, -0.2) is 20.9 Å². The van der Waals surface area contributed by atoms with Crippen molar-refractivity contribution in [2.24, 2.45) is 0 Å². The average molecular weight is 477 g/mol. The zero-order valence-corrected chi connectivity index (χ0v) is 19.4. The molecular weight excluding hydrogens is 455 g/mol. The fourth-order valence-electron chi connectivity index (χ4n) is 3.06. The van der Waals surface area contributed by atoms with Crippen molar-refractivity contribution in [3.05, 3.63) is 94.0 Å². The number of halogens is 2. The summed E-state index contributed by atoms with van der Waals surface area (Å²) < 4.78 is 27.9. The maximum Gasteiger partial charge on any atom is 0.264 e. The molecule has 1 amide bonds. The second-order valence-corrected chi connectivity index (χ2v) is 9.75. The first-order valence-corrected chi connectivity index (χ1v) is 11.8. The summed E-state index contributed by atoms with van der Waals surface area (Å²) in [4.78, 5) is 12.9. The maximum atomic E-state index is 13.4. The molecule has 0 spiro atoms. The van der Waals surface area contributed by atoms with E-state index in [4.69, 9.17) is 23.2 Å². The predicted octanol–water partition coefficient (Wildman–Crippen LogP) is 5.37. The lowest BCUT2D eigenvalue weighted by molar-refractivity contribution is -0.120. The lowest BCUT2D eigenvalue weighted by Crippen LogP contribution is -2.41. The van der Waals surface area contributed by atoms with E-state index in [2.05, 4.69) is 5.32 Å². The third-order valence-electron chi connectivity index (χ3n) is 4.77. The molecule has 0 heterocycles. The Bertz CT molecular complexity index is 1170. The molecule has 0 aromatic heterocycles. The van der Waals surface area contributed by atoms with Crippen LogP contribution in [0.4, 0.5) is 5.69 Å². The Kier molecular flexibility index (Phi) is 7.26. The summed E-state index contributed by atoms with van der Waals surface area (Å²) in [5.41, 5.74) is 1.96. The normalized spacial score (nSPS) is 12.3. The Balaban J connectivity index is 1.95. The van der Waals surface area contributed by atoms with Gasteiger partial charge in [0.2, 0.25) is 5.91 Å². The largest absolute Gasteiger partial charge is 0.348 e. The second-order valence-electron chi connectivity index (χ2n) is 7.10. The van der Waals surface area contributed by atoms with Gasteiger partial charge in [0.25, 0.3) is 10.0 Å². The first-order chi connectivity index (χ1) is 14.7. The van der Waals surface area contributed by atoms with Crippen LogP contribution < -0.4 is 9.62 Å². The van der Waals surface area contributed by atoms with E-state index in [1.807, 2.05) is 44.2 Å². The molecule has 0 saturated carbocycles. The molecule has 3 aromatic rings. The maximum absolute atomic E-state index is 13.4. The van der Waals surface area contributed by atoms with Crippen LogP contribution in [-0.2, 0) is 14.8 Å². The third-order valence-corrected chi connectivity index (χ3v) is 7.36. The van der Waals surface area contributed by atoms with Crippen molar-refractivity contribution in [2.75, 3.05) is 10.8 Å². The van der Waals surface area contributed by atoms with Crippen LogP contribution in [0.15, 0.2) is 77.7 Å². The minimum absolute atomic E-state index is 0.0538. The van der Waals surface area contributed by atoms with Crippen LogP contribution in [0.2, 0.25) is 10.0 Å². The minimum Gasteiger partial charge on any atom is -0.348 e. The van der Waals surface area contributed by atoms with Crippen molar-refractivity contribution in [1.29, 1.82) is 0 Å². The lowest BCUT2D eigenvalue weighted by atomic mass is 10.1. The number of rotatable bonds is 7. The van der Waals surface area contributed by atoms with Gasteiger partial charge in [0.05, 0.1) is 26.7 Å². The number of hydrogen-bond donors (Lipinski definition) is 1. The highest BCUT2D eigenvalue weighted by Crippen LogP contribution is 2.35. The van der Waals surface area contributed by atoms with E-state index >= 15 is 0 Å². The van der Waals surface area contributed by atoms with Gasteiger partial charge in [-0.1, -0.05) is 77.3 Å². The number of benzene rings is 3. The molecule has 5 nitrogen and oxygen atoms in total. The zero-order chi connectivity index (χ0) is 22.6. The van der Waals surface area contributed by atoms with E-state index < -0.39 is 22.5 Å². The van der Waals surface area contributed by atoms with Gasteiger partial charge in [0, 0.05) is 0 Å². The van der Waals surface area contributed by atoms with Crippen molar-refractivity contribution in [1.82, 2.24) is 5.32 Å². The quantitative estimate of drug-likeness (QED) is 0.497. The van der Waals surface area contributed by atoms with Crippen molar-refractivity contribution in [3.8, 4) is 0 Å². The first kappa shape index (κ1) is 23.1. The Morgan fingerprint density at radius 1 is 0.968 bits per heavy atom. The molecule has 0 unspecified atom stereocenters. The van der Waals surface area contributed by atoms with Crippen LogP contribution in [0, 0.1) is 6.92 Å². The number of carbonyl (C=O) groups is 1. The van der Waals surface area contributed by atoms with Crippen LogP contribution >= 0.6 is 23.2 Å².